The van der Waals surface area contributed by atoms with Crippen LogP contribution in [0.5, 0.6) is 0 Å². The van der Waals surface area contributed by atoms with E-state index in [1.54, 1.807) is 12.1 Å². The molecule has 1 amide bonds. The van der Waals surface area contributed by atoms with Crippen molar-refractivity contribution in [1.29, 1.82) is 5.26 Å². The first-order valence-electron chi connectivity index (χ1n) is 13.9. The Labute approximate surface area is 224 Å². The van der Waals surface area contributed by atoms with E-state index in [9.17, 15) is 18.0 Å². The van der Waals surface area contributed by atoms with E-state index in [4.69, 9.17) is 5.26 Å². The van der Waals surface area contributed by atoms with Gasteiger partial charge in [0.25, 0.3) is 5.91 Å². The fourth-order valence-electron chi connectivity index (χ4n) is 5.72. The van der Waals surface area contributed by atoms with Gasteiger partial charge in [-0.2, -0.15) is 18.4 Å². The molecule has 1 saturated heterocycles. The van der Waals surface area contributed by atoms with Crippen LogP contribution >= 0.6 is 0 Å². The molecule has 2 saturated carbocycles. The van der Waals surface area contributed by atoms with E-state index >= 15 is 0 Å². The summed E-state index contributed by atoms with van der Waals surface area (Å²) in [6.07, 6.45) is 3.72. The number of nitriles is 1. The topological polar surface area (TPSA) is 47.3 Å². The van der Waals surface area contributed by atoms with Gasteiger partial charge in [0.15, 0.2) is 0 Å². The normalized spacial score (nSPS) is 23.4. The highest BCUT2D eigenvalue weighted by molar-refractivity contribution is 5.95. The van der Waals surface area contributed by atoms with Gasteiger partial charge in [0.2, 0.25) is 0 Å². The van der Waals surface area contributed by atoms with Crippen LogP contribution in [0.2, 0.25) is 0 Å². The van der Waals surface area contributed by atoms with Gasteiger partial charge >= 0.3 is 6.18 Å². The third-order valence-corrected chi connectivity index (χ3v) is 8.28. The predicted octanol–water partition coefficient (Wildman–Crippen LogP) is 7.19. The molecule has 0 spiro atoms. The van der Waals surface area contributed by atoms with Gasteiger partial charge in [-0.25, -0.2) is 0 Å². The summed E-state index contributed by atoms with van der Waals surface area (Å²) in [5.41, 5.74) is 0.665. The van der Waals surface area contributed by atoms with Crippen molar-refractivity contribution in [3.8, 4) is 6.07 Å². The van der Waals surface area contributed by atoms with Crippen molar-refractivity contribution in [2.75, 3.05) is 13.1 Å². The summed E-state index contributed by atoms with van der Waals surface area (Å²) in [6.45, 7) is 3.07. The number of alkyl halides is 3. The number of piperidine rings is 1. The van der Waals surface area contributed by atoms with Crippen molar-refractivity contribution in [3.05, 3.63) is 71.8 Å². The van der Waals surface area contributed by atoms with Gasteiger partial charge in [-0.05, 0) is 76.0 Å². The number of amides is 1. The summed E-state index contributed by atoms with van der Waals surface area (Å²) in [5, 5.41) is 9.11. The van der Waals surface area contributed by atoms with Crippen molar-refractivity contribution in [2.24, 2.45) is 5.92 Å². The van der Waals surface area contributed by atoms with E-state index in [0.29, 0.717) is 11.6 Å². The summed E-state index contributed by atoms with van der Waals surface area (Å²) in [7, 11) is 0. The van der Waals surface area contributed by atoms with E-state index < -0.39 is 12.1 Å². The SMILES string of the molecule is CC(c1ccc(C(=O)N(C2CC2)C2CCN(C3CCC(C#N)CC3)CC2)cc1)C(F)(F)F.c1ccccc1. The van der Waals surface area contributed by atoms with Gasteiger partial charge in [-0.3, -0.25) is 4.79 Å². The first-order chi connectivity index (χ1) is 18.3. The van der Waals surface area contributed by atoms with Crippen LogP contribution in [-0.4, -0.2) is 53.1 Å². The zero-order valence-electron chi connectivity index (χ0n) is 22.1. The van der Waals surface area contributed by atoms with Crippen LogP contribution in [0, 0.1) is 17.2 Å². The Morgan fingerprint density at radius 2 is 1.37 bits per heavy atom. The van der Waals surface area contributed by atoms with Crippen molar-refractivity contribution < 1.29 is 18.0 Å². The minimum absolute atomic E-state index is 0.0494. The van der Waals surface area contributed by atoms with E-state index in [0.717, 1.165) is 71.4 Å². The minimum atomic E-state index is -4.28. The predicted molar refractivity (Wildman–Crippen MR) is 142 cm³/mol. The first-order valence-corrected chi connectivity index (χ1v) is 13.9. The molecule has 1 atom stereocenters. The average molecular weight is 526 g/mol. The Morgan fingerprint density at radius 3 is 1.82 bits per heavy atom. The van der Waals surface area contributed by atoms with Gasteiger partial charge in [0.1, 0.15) is 0 Å². The molecule has 1 unspecified atom stereocenters. The molecule has 1 heterocycles. The molecule has 0 radical (unpaired) electrons. The van der Waals surface area contributed by atoms with Crippen LogP contribution in [0.25, 0.3) is 0 Å². The van der Waals surface area contributed by atoms with Gasteiger partial charge in [0, 0.05) is 42.7 Å². The number of rotatable bonds is 5. The molecule has 1 aliphatic heterocycles. The highest BCUT2D eigenvalue weighted by Crippen LogP contribution is 2.37. The van der Waals surface area contributed by atoms with Gasteiger partial charge < -0.3 is 9.80 Å². The largest absolute Gasteiger partial charge is 0.395 e. The highest BCUT2D eigenvalue weighted by atomic mass is 19.4. The Balaban J connectivity index is 0.000000494. The zero-order chi connectivity index (χ0) is 27.1. The fourth-order valence-corrected chi connectivity index (χ4v) is 5.72. The summed E-state index contributed by atoms with van der Waals surface area (Å²) in [6, 6.07) is 21.4. The zero-order valence-corrected chi connectivity index (χ0v) is 22.1. The molecular formula is C31H38F3N3O. The summed E-state index contributed by atoms with van der Waals surface area (Å²) < 4.78 is 39.0. The maximum Gasteiger partial charge on any atom is 0.395 e. The Morgan fingerprint density at radius 1 is 0.868 bits per heavy atom. The number of hydrogen-bond acceptors (Lipinski definition) is 3. The summed E-state index contributed by atoms with van der Waals surface area (Å²) in [4.78, 5) is 17.9. The fraction of sp³-hybridized carbons (Fsp3) is 0.548. The molecule has 3 fully saturated rings. The van der Waals surface area contributed by atoms with E-state index in [-0.39, 0.29) is 29.5 Å². The van der Waals surface area contributed by atoms with E-state index in [1.807, 2.05) is 41.3 Å². The maximum absolute atomic E-state index is 13.3. The monoisotopic (exact) mass is 525 g/mol. The van der Waals surface area contributed by atoms with Crippen molar-refractivity contribution in [2.45, 2.75) is 88.5 Å². The second-order valence-corrected chi connectivity index (χ2v) is 10.9. The molecule has 5 rings (SSSR count). The molecule has 204 valence electrons. The number of benzene rings is 2. The average Bonchev–Trinajstić information content (AvgIpc) is 3.79. The molecule has 38 heavy (non-hydrogen) atoms. The Hall–Kier alpha value is -2.85. The van der Waals surface area contributed by atoms with Crippen LogP contribution in [-0.2, 0) is 0 Å². The number of nitrogens with zero attached hydrogens (tertiary/aromatic N) is 3. The number of halogens is 3. The van der Waals surface area contributed by atoms with Crippen LogP contribution < -0.4 is 0 Å². The third-order valence-electron chi connectivity index (χ3n) is 8.28. The minimum Gasteiger partial charge on any atom is -0.333 e. The van der Waals surface area contributed by atoms with E-state index in [1.165, 1.54) is 12.1 Å². The highest BCUT2D eigenvalue weighted by Gasteiger charge is 2.40. The van der Waals surface area contributed by atoms with Crippen molar-refractivity contribution >= 4 is 5.91 Å². The van der Waals surface area contributed by atoms with Crippen molar-refractivity contribution in [3.63, 3.8) is 0 Å². The lowest BCUT2D eigenvalue weighted by molar-refractivity contribution is -0.146. The number of likely N-dealkylation sites (tertiary alicyclic amines) is 1. The molecule has 0 N–H and O–H groups in total. The quantitative estimate of drug-likeness (QED) is 0.415. The molecule has 7 heteroatoms. The number of hydrogen-bond donors (Lipinski definition) is 0. The lowest BCUT2D eigenvalue weighted by atomic mass is 9.85. The van der Waals surface area contributed by atoms with Crippen LogP contribution in [0.15, 0.2) is 60.7 Å². The van der Waals surface area contributed by atoms with Crippen LogP contribution in [0.1, 0.15) is 80.1 Å². The standard InChI is InChI=1S/C25H32F3N3O.C6H6/c1-17(25(26,27)28)19-4-6-20(7-5-19)24(32)31(22-10-11-22)23-12-14-30(15-13-23)21-8-2-18(16-29)3-9-21;1-2-4-6-5-3-1/h4-7,17-18,21-23H,2-3,8-15H2,1H3;1-6H. The lowest BCUT2D eigenvalue weighted by Gasteiger charge is -2.43. The maximum atomic E-state index is 13.3. The number of carbonyl (C=O) groups excluding carboxylic acids is 1. The van der Waals surface area contributed by atoms with Crippen LogP contribution in [0.3, 0.4) is 0 Å². The molecule has 4 nitrogen and oxygen atoms in total. The van der Waals surface area contributed by atoms with E-state index in [2.05, 4.69) is 11.0 Å². The first kappa shape index (κ1) is 28.2. The summed E-state index contributed by atoms with van der Waals surface area (Å²) >= 11 is 0. The van der Waals surface area contributed by atoms with Gasteiger partial charge in [-0.15, -0.1) is 0 Å². The van der Waals surface area contributed by atoms with Crippen molar-refractivity contribution in [1.82, 2.24) is 9.80 Å². The molecule has 2 aromatic carbocycles. The van der Waals surface area contributed by atoms with Crippen LogP contribution in [0.4, 0.5) is 13.2 Å². The molecule has 0 bridgehead atoms. The molecule has 0 aromatic heterocycles. The Bertz CT molecular complexity index is 1020. The lowest BCUT2D eigenvalue weighted by Crippen LogP contribution is -2.51. The van der Waals surface area contributed by atoms with Gasteiger partial charge in [-0.1, -0.05) is 48.5 Å². The second kappa shape index (κ2) is 12.8. The molecule has 2 aromatic rings. The smallest absolute Gasteiger partial charge is 0.333 e. The third kappa shape index (κ3) is 7.38. The second-order valence-electron chi connectivity index (χ2n) is 10.9. The summed E-state index contributed by atoms with van der Waals surface area (Å²) in [5.74, 6) is -1.39. The molecular weight excluding hydrogens is 487 g/mol. The molecule has 2 aliphatic carbocycles. The van der Waals surface area contributed by atoms with Gasteiger partial charge in [0.05, 0.1) is 12.0 Å². The Kier molecular flexibility index (Phi) is 9.49. The number of carbonyl (C=O) groups is 1. The molecule has 3 aliphatic rings.